The predicted molar refractivity (Wildman–Crippen MR) is 81.9 cm³/mol. The van der Waals surface area contributed by atoms with Crippen molar-refractivity contribution in [3.8, 4) is 0 Å². The third-order valence-corrected chi connectivity index (χ3v) is 4.14. The van der Waals surface area contributed by atoms with E-state index in [1.165, 1.54) is 10.8 Å². The van der Waals surface area contributed by atoms with Gasteiger partial charge in [-0.05, 0) is 12.5 Å². The molecule has 0 bridgehead atoms. The first-order valence-corrected chi connectivity index (χ1v) is 7.88. The maximum Gasteiger partial charge on any atom is 0.370 e. The molecule has 0 spiro atoms. The fourth-order valence-corrected chi connectivity index (χ4v) is 2.77. The van der Waals surface area contributed by atoms with Gasteiger partial charge in [-0.25, -0.2) is 9.48 Å². The zero-order chi connectivity index (χ0) is 17.9. The molecule has 134 valence electrons. The highest BCUT2D eigenvalue weighted by Gasteiger charge is 2.41. The molecule has 5 atom stereocenters. The Kier molecular flexibility index (Phi) is 5.92. The maximum absolute atomic E-state index is 11.3. The van der Waals surface area contributed by atoms with Crippen LogP contribution in [0.1, 0.15) is 32.0 Å². The normalized spacial score (nSPS) is 26.4. The van der Waals surface area contributed by atoms with Crippen LogP contribution in [0.15, 0.2) is 18.0 Å². The second kappa shape index (κ2) is 7.73. The molecule has 9 nitrogen and oxygen atoms in total. The molecule has 1 aromatic heterocycles. The highest BCUT2D eigenvalue weighted by Crippen LogP contribution is 2.34. The van der Waals surface area contributed by atoms with Gasteiger partial charge >= 0.3 is 5.97 Å². The summed E-state index contributed by atoms with van der Waals surface area (Å²) in [6.07, 6.45) is 0.924. The van der Waals surface area contributed by atoms with E-state index in [1.54, 1.807) is 13.1 Å². The highest BCUT2D eigenvalue weighted by molar-refractivity contribution is 5.84. The van der Waals surface area contributed by atoms with Gasteiger partial charge in [0.05, 0.1) is 18.3 Å². The summed E-state index contributed by atoms with van der Waals surface area (Å²) >= 11 is 0. The van der Waals surface area contributed by atoms with E-state index in [0.29, 0.717) is 0 Å². The van der Waals surface area contributed by atoms with Crippen molar-refractivity contribution in [2.75, 3.05) is 6.61 Å². The average molecular weight is 341 g/mol. The molecular weight excluding hydrogens is 318 g/mol. The van der Waals surface area contributed by atoms with Crippen molar-refractivity contribution in [2.45, 2.75) is 51.0 Å². The lowest BCUT2D eigenvalue weighted by Crippen LogP contribution is -2.48. The fraction of sp³-hybridized carbons (Fsp3) is 0.667. The summed E-state index contributed by atoms with van der Waals surface area (Å²) in [5, 5.41) is 46.2. The van der Waals surface area contributed by atoms with E-state index in [0.717, 1.165) is 18.5 Å². The molecule has 2 heterocycles. The van der Waals surface area contributed by atoms with Gasteiger partial charge < -0.3 is 25.2 Å². The van der Waals surface area contributed by atoms with Crippen LogP contribution in [0, 0.1) is 5.92 Å². The Balaban J connectivity index is 2.33. The van der Waals surface area contributed by atoms with E-state index in [9.17, 15) is 20.1 Å². The average Bonchev–Trinajstić information content (AvgIpc) is 3.02. The zero-order valence-electron chi connectivity index (χ0n) is 13.6. The molecule has 2 rings (SSSR count). The minimum Gasteiger partial charge on any atom is -0.480 e. The van der Waals surface area contributed by atoms with Crippen molar-refractivity contribution in [2.24, 2.45) is 5.92 Å². The van der Waals surface area contributed by atoms with Crippen molar-refractivity contribution < 1.29 is 30.0 Å². The van der Waals surface area contributed by atoms with Crippen LogP contribution in [0.4, 0.5) is 0 Å². The number of rotatable bonds is 7. The van der Waals surface area contributed by atoms with E-state index >= 15 is 0 Å². The van der Waals surface area contributed by atoms with Crippen LogP contribution in [-0.4, -0.2) is 66.3 Å². The molecule has 0 fully saturated rings. The molecule has 0 aromatic carbocycles. The summed E-state index contributed by atoms with van der Waals surface area (Å²) in [5.74, 6) is -2.02. The third-order valence-electron chi connectivity index (χ3n) is 4.14. The number of carboxylic acids is 1. The highest BCUT2D eigenvalue weighted by atomic mass is 16.5. The van der Waals surface area contributed by atoms with Crippen molar-refractivity contribution in [3.63, 3.8) is 0 Å². The van der Waals surface area contributed by atoms with E-state index in [2.05, 4.69) is 10.3 Å². The van der Waals surface area contributed by atoms with Gasteiger partial charge in [-0.3, -0.25) is 0 Å². The monoisotopic (exact) mass is 341 g/mol. The van der Waals surface area contributed by atoms with Gasteiger partial charge in [0, 0.05) is 12.1 Å². The molecular formula is C15H23N3O6. The van der Waals surface area contributed by atoms with Crippen LogP contribution >= 0.6 is 0 Å². The lowest BCUT2D eigenvalue weighted by atomic mass is 9.87. The van der Waals surface area contributed by atoms with E-state index in [4.69, 9.17) is 9.84 Å². The first kappa shape index (κ1) is 18.4. The smallest absolute Gasteiger partial charge is 0.370 e. The second-order valence-electron chi connectivity index (χ2n) is 5.95. The number of aliphatic hydroxyl groups excluding tert-OH is 3. The minimum atomic E-state index is -1.44. The van der Waals surface area contributed by atoms with E-state index in [1.807, 2.05) is 6.92 Å². The first-order valence-electron chi connectivity index (χ1n) is 7.88. The second-order valence-corrected chi connectivity index (χ2v) is 5.95. The van der Waals surface area contributed by atoms with Crippen molar-refractivity contribution in [1.82, 2.24) is 15.0 Å². The van der Waals surface area contributed by atoms with E-state index in [-0.39, 0.29) is 5.76 Å². The molecule has 1 aromatic rings. The lowest BCUT2D eigenvalue weighted by Gasteiger charge is -2.37. The Labute approximate surface area is 139 Å². The number of hydrogen-bond donors (Lipinski definition) is 4. The summed E-state index contributed by atoms with van der Waals surface area (Å²) < 4.78 is 6.86. The van der Waals surface area contributed by atoms with Gasteiger partial charge in [-0.15, -0.1) is 5.10 Å². The van der Waals surface area contributed by atoms with Crippen LogP contribution in [0.5, 0.6) is 0 Å². The maximum atomic E-state index is 11.3. The molecule has 0 radical (unpaired) electrons. The van der Waals surface area contributed by atoms with Crippen LogP contribution in [0.3, 0.4) is 0 Å². The number of aromatic nitrogens is 3. The third kappa shape index (κ3) is 3.74. The summed E-state index contributed by atoms with van der Waals surface area (Å²) in [6.45, 7) is 3.11. The molecule has 0 amide bonds. The van der Waals surface area contributed by atoms with Crippen LogP contribution in [-0.2, 0) is 16.0 Å². The number of aliphatic carboxylic acids is 1. The molecule has 1 aliphatic rings. The summed E-state index contributed by atoms with van der Waals surface area (Å²) in [5.41, 5.74) is 0.786. The molecule has 24 heavy (non-hydrogen) atoms. The number of carboxylic acid groups (broad SMARTS) is 1. The number of nitrogens with zero attached hydrogens (tertiary/aromatic N) is 3. The van der Waals surface area contributed by atoms with Crippen molar-refractivity contribution in [1.29, 1.82) is 0 Å². The largest absolute Gasteiger partial charge is 0.480 e. The first-order chi connectivity index (χ1) is 11.4. The Bertz CT molecular complexity index is 602. The molecule has 1 aliphatic heterocycles. The van der Waals surface area contributed by atoms with Gasteiger partial charge in [-0.1, -0.05) is 25.5 Å². The minimum absolute atomic E-state index is 0.333. The Morgan fingerprint density at radius 3 is 2.75 bits per heavy atom. The number of aliphatic hydroxyl groups is 3. The molecule has 4 N–H and O–H groups in total. The number of allylic oxidation sites excluding steroid dienone is 1. The molecule has 9 heteroatoms. The molecule has 0 unspecified atom stereocenters. The topological polar surface area (TPSA) is 138 Å². The Morgan fingerprint density at radius 1 is 1.46 bits per heavy atom. The summed E-state index contributed by atoms with van der Waals surface area (Å²) in [4.78, 5) is 11.3. The zero-order valence-corrected chi connectivity index (χ0v) is 13.6. The number of hydrogen-bond acceptors (Lipinski definition) is 7. The lowest BCUT2D eigenvalue weighted by molar-refractivity contribution is -0.148. The summed E-state index contributed by atoms with van der Waals surface area (Å²) in [7, 11) is 0. The number of aryl methyl sites for hydroxylation is 1. The van der Waals surface area contributed by atoms with Gasteiger partial charge in [0.15, 0.2) is 0 Å². The van der Waals surface area contributed by atoms with Gasteiger partial charge in [0.25, 0.3) is 0 Å². The van der Waals surface area contributed by atoms with Crippen molar-refractivity contribution >= 4 is 5.97 Å². The fourth-order valence-electron chi connectivity index (χ4n) is 2.77. The molecule has 0 aliphatic carbocycles. The number of carbonyl (C=O) groups is 1. The van der Waals surface area contributed by atoms with Crippen molar-refractivity contribution in [3.05, 3.63) is 23.7 Å². The molecule has 0 saturated heterocycles. The summed E-state index contributed by atoms with van der Waals surface area (Å²) in [6, 6.07) is -0.506. The Morgan fingerprint density at radius 2 is 2.17 bits per heavy atom. The van der Waals surface area contributed by atoms with E-state index < -0.39 is 42.8 Å². The van der Waals surface area contributed by atoms with Gasteiger partial charge in [0.2, 0.25) is 5.76 Å². The standard InChI is InChI=1S/C15H23N3O6/c1-3-4-9-6-18(17-16-9)10-5-12(15(22)23)24-14(8(10)2)13(21)11(20)7-19/h5-6,8,10-11,13-14,19-21H,3-4,7H2,1-2H3,(H,22,23)/t8-,10+,11-,13-,14-/m1/s1. The SMILES string of the molecule is CCCc1cn([C@H]2C=C(C(=O)O)O[C@@H]([C@H](O)[C@H](O)CO)[C@@H]2C)nn1. The van der Waals surface area contributed by atoms with Crippen LogP contribution in [0.2, 0.25) is 0 Å². The van der Waals surface area contributed by atoms with Crippen LogP contribution in [0.25, 0.3) is 0 Å². The van der Waals surface area contributed by atoms with Gasteiger partial charge in [-0.2, -0.15) is 0 Å². The Hall–Kier alpha value is -1.97. The van der Waals surface area contributed by atoms with Crippen LogP contribution < -0.4 is 0 Å². The molecule has 0 saturated carbocycles. The van der Waals surface area contributed by atoms with Gasteiger partial charge in [0.1, 0.15) is 18.3 Å². The number of ether oxygens (including phenoxy) is 1. The predicted octanol–water partition coefficient (Wildman–Crippen LogP) is -0.511. The quantitative estimate of drug-likeness (QED) is 0.520.